The summed E-state index contributed by atoms with van der Waals surface area (Å²) < 4.78 is 14.7. The maximum Gasteiger partial charge on any atom is 0.239 e. The van der Waals surface area contributed by atoms with Gasteiger partial charge in [-0.1, -0.05) is 0 Å². The average Bonchev–Trinajstić information content (AvgIpc) is 2.33. The summed E-state index contributed by atoms with van der Waals surface area (Å²) in [6.45, 7) is 2.48. The van der Waals surface area contributed by atoms with Crippen LogP contribution in [0.3, 0.4) is 0 Å². The lowest BCUT2D eigenvalue weighted by molar-refractivity contribution is -0.121. The number of benzene rings is 1. The summed E-state index contributed by atoms with van der Waals surface area (Å²) in [4.78, 5) is 23.1. The minimum absolute atomic E-state index is 0.107. The molecule has 0 atom stereocenters. The molecule has 1 aromatic heterocycles. The lowest BCUT2D eigenvalue weighted by atomic mass is 10.2. The van der Waals surface area contributed by atoms with E-state index in [9.17, 15) is 14.0 Å². The molecule has 0 bridgehead atoms. The van der Waals surface area contributed by atoms with E-state index >= 15 is 0 Å². The molecule has 18 heavy (non-hydrogen) atoms. The van der Waals surface area contributed by atoms with Crippen LogP contribution in [-0.4, -0.2) is 17.0 Å². The van der Waals surface area contributed by atoms with E-state index in [4.69, 9.17) is 0 Å². The number of nitrogens with one attached hydrogen (secondary N) is 1. The van der Waals surface area contributed by atoms with Crippen LogP contribution < -0.4 is 10.7 Å². The van der Waals surface area contributed by atoms with Crippen LogP contribution in [0.4, 0.5) is 4.39 Å². The smallest absolute Gasteiger partial charge is 0.239 e. The lowest BCUT2D eigenvalue weighted by Crippen LogP contribution is -2.27. The van der Waals surface area contributed by atoms with Crippen LogP contribution in [-0.2, 0) is 11.3 Å². The van der Waals surface area contributed by atoms with Gasteiger partial charge in [-0.3, -0.25) is 9.59 Å². The normalized spacial score (nSPS) is 10.6. The highest BCUT2D eigenvalue weighted by atomic mass is 19.1. The highest BCUT2D eigenvalue weighted by Crippen LogP contribution is 2.11. The van der Waals surface area contributed by atoms with Gasteiger partial charge in [-0.15, -0.1) is 0 Å². The molecule has 0 radical (unpaired) electrons. The predicted molar refractivity (Wildman–Crippen MR) is 66.8 cm³/mol. The molecule has 0 fully saturated rings. The van der Waals surface area contributed by atoms with Crippen molar-refractivity contribution in [2.24, 2.45) is 0 Å². The highest BCUT2D eigenvalue weighted by Gasteiger charge is 2.07. The van der Waals surface area contributed by atoms with Crippen molar-refractivity contribution in [1.82, 2.24) is 9.88 Å². The Morgan fingerprint density at radius 2 is 2.17 bits per heavy atom. The number of amides is 1. The number of carbonyl (C=O) groups is 1. The second kappa shape index (κ2) is 5.00. The SMILES string of the molecule is CCNC(=O)Cn1ccc(=O)c2cc(F)ccc21. The number of likely N-dealkylation sites (N-methyl/N-ethyl adjacent to an activating group) is 1. The molecule has 94 valence electrons. The third kappa shape index (κ3) is 2.40. The van der Waals surface area contributed by atoms with E-state index in [0.717, 1.165) is 0 Å². The molecule has 5 heteroatoms. The number of nitrogens with zero attached hydrogens (tertiary/aromatic N) is 1. The first kappa shape index (κ1) is 12.3. The van der Waals surface area contributed by atoms with Gasteiger partial charge >= 0.3 is 0 Å². The maximum atomic E-state index is 13.1. The van der Waals surface area contributed by atoms with Gasteiger partial charge in [-0.05, 0) is 25.1 Å². The monoisotopic (exact) mass is 248 g/mol. The second-order valence-corrected chi connectivity index (χ2v) is 3.92. The van der Waals surface area contributed by atoms with Gasteiger partial charge in [0.15, 0.2) is 5.43 Å². The van der Waals surface area contributed by atoms with Gasteiger partial charge in [0.1, 0.15) is 12.4 Å². The van der Waals surface area contributed by atoms with Crippen molar-refractivity contribution < 1.29 is 9.18 Å². The van der Waals surface area contributed by atoms with Crippen LogP contribution in [0.2, 0.25) is 0 Å². The molecular formula is C13H13FN2O2. The first-order valence-electron chi connectivity index (χ1n) is 5.67. The summed E-state index contributed by atoms with van der Waals surface area (Å²) in [5.74, 6) is -0.609. The first-order chi connectivity index (χ1) is 8.61. The Bertz CT molecular complexity index is 649. The van der Waals surface area contributed by atoms with Crippen molar-refractivity contribution >= 4 is 16.8 Å². The maximum absolute atomic E-state index is 13.1. The Balaban J connectivity index is 2.49. The molecule has 0 spiro atoms. The van der Waals surface area contributed by atoms with Crippen molar-refractivity contribution in [1.29, 1.82) is 0 Å². The summed E-state index contributed by atoms with van der Waals surface area (Å²) in [6.07, 6.45) is 1.54. The topological polar surface area (TPSA) is 51.1 Å². The van der Waals surface area contributed by atoms with Crippen molar-refractivity contribution in [2.45, 2.75) is 13.5 Å². The molecule has 2 rings (SSSR count). The van der Waals surface area contributed by atoms with Gasteiger partial charge in [0, 0.05) is 24.2 Å². The fourth-order valence-corrected chi connectivity index (χ4v) is 1.83. The van der Waals surface area contributed by atoms with Gasteiger partial charge in [0.05, 0.1) is 5.52 Å². The van der Waals surface area contributed by atoms with E-state index in [1.165, 1.54) is 30.5 Å². The number of carbonyl (C=O) groups excluding carboxylic acids is 1. The zero-order chi connectivity index (χ0) is 13.1. The minimum Gasteiger partial charge on any atom is -0.355 e. The third-order valence-corrected chi connectivity index (χ3v) is 2.63. The van der Waals surface area contributed by atoms with Gasteiger partial charge in [-0.25, -0.2) is 4.39 Å². The largest absolute Gasteiger partial charge is 0.355 e. The number of aromatic nitrogens is 1. The molecule has 1 amide bonds. The van der Waals surface area contributed by atoms with Crippen LogP contribution in [0, 0.1) is 5.82 Å². The number of hydrogen-bond donors (Lipinski definition) is 1. The minimum atomic E-state index is -0.463. The van der Waals surface area contributed by atoms with E-state index in [0.29, 0.717) is 12.1 Å². The van der Waals surface area contributed by atoms with Crippen LogP contribution in [0.25, 0.3) is 10.9 Å². The summed E-state index contributed by atoms with van der Waals surface area (Å²) >= 11 is 0. The average molecular weight is 248 g/mol. The van der Waals surface area contributed by atoms with Crippen LogP contribution in [0.1, 0.15) is 6.92 Å². The van der Waals surface area contributed by atoms with E-state index in [1.54, 1.807) is 4.57 Å². The summed E-state index contributed by atoms with van der Waals surface area (Å²) in [5.41, 5.74) is 0.298. The van der Waals surface area contributed by atoms with Gasteiger partial charge in [-0.2, -0.15) is 0 Å². The molecule has 4 nitrogen and oxygen atoms in total. The van der Waals surface area contributed by atoms with E-state index in [1.807, 2.05) is 6.92 Å². The Morgan fingerprint density at radius 1 is 1.39 bits per heavy atom. The van der Waals surface area contributed by atoms with Crippen molar-refractivity contribution in [3.63, 3.8) is 0 Å². The molecule has 1 heterocycles. The molecule has 1 aromatic carbocycles. The zero-order valence-corrected chi connectivity index (χ0v) is 9.94. The molecule has 0 aliphatic heterocycles. The first-order valence-corrected chi connectivity index (χ1v) is 5.67. The lowest BCUT2D eigenvalue weighted by Gasteiger charge is -2.10. The Hall–Kier alpha value is -2.17. The zero-order valence-electron chi connectivity index (χ0n) is 9.94. The second-order valence-electron chi connectivity index (χ2n) is 3.92. The van der Waals surface area contributed by atoms with E-state index < -0.39 is 5.82 Å². The summed E-state index contributed by atoms with van der Waals surface area (Å²) in [7, 11) is 0. The quantitative estimate of drug-likeness (QED) is 0.889. The van der Waals surface area contributed by atoms with Crippen LogP contribution in [0.5, 0.6) is 0 Å². The standard InChI is InChI=1S/C13H13FN2O2/c1-2-15-13(18)8-16-6-5-12(17)10-7-9(14)3-4-11(10)16/h3-7H,2,8H2,1H3,(H,15,18). The molecule has 0 saturated heterocycles. The Labute approximate surface area is 103 Å². The van der Waals surface area contributed by atoms with Crippen LogP contribution >= 0.6 is 0 Å². The molecule has 0 unspecified atom stereocenters. The molecule has 0 aliphatic carbocycles. The number of halogens is 1. The molecule has 0 saturated carbocycles. The fraction of sp³-hybridized carbons (Fsp3) is 0.231. The molecule has 2 aromatic rings. The van der Waals surface area contributed by atoms with Gasteiger partial charge < -0.3 is 9.88 Å². The highest BCUT2D eigenvalue weighted by molar-refractivity contribution is 5.82. The summed E-state index contributed by atoms with van der Waals surface area (Å²) in [5, 5.41) is 2.95. The number of hydrogen-bond acceptors (Lipinski definition) is 2. The van der Waals surface area contributed by atoms with Crippen molar-refractivity contribution in [2.75, 3.05) is 6.54 Å². The molecule has 1 N–H and O–H groups in total. The predicted octanol–water partition coefficient (Wildman–Crippen LogP) is 1.28. The van der Waals surface area contributed by atoms with Gasteiger partial charge in [0.2, 0.25) is 5.91 Å². The van der Waals surface area contributed by atoms with E-state index in [2.05, 4.69) is 5.32 Å². The third-order valence-electron chi connectivity index (χ3n) is 2.63. The fourth-order valence-electron chi connectivity index (χ4n) is 1.83. The summed E-state index contributed by atoms with van der Waals surface area (Å²) in [6, 6.07) is 5.30. The number of rotatable bonds is 3. The number of fused-ring (bicyclic) bond motifs is 1. The Morgan fingerprint density at radius 3 is 2.89 bits per heavy atom. The van der Waals surface area contributed by atoms with Crippen LogP contribution in [0.15, 0.2) is 35.3 Å². The van der Waals surface area contributed by atoms with Crippen molar-refractivity contribution in [3.8, 4) is 0 Å². The Kier molecular flexibility index (Phi) is 3.41. The van der Waals surface area contributed by atoms with Gasteiger partial charge in [0.25, 0.3) is 0 Å². The van der Waals surface area contributed by atoms with E-state index in [-0.39, 0.29) is 23.3 Å². The molecule has 0 aliphatic rings. The molecular weight excluding hydrogens is 235 g/mol. The number of pyridine rings is 1. The van der Waals surface area contributed by atoms with Crippen molar-refractivity contribution in [3.05, 3.63) is 46.5 Å².